The number of rotatable bonds is 8. The van der Waals surface area contributed by atoms with Crippen molar-refractivity contribution in [2.75, 3.05) is 50.5 Å². The summed E-state index contributed by atoms with van der Waals surface area (Å²) in [5, 5.41) is 0.789. The van der Waals surface area contributed by atoms with Gasteiger partial charge in [-0.25, -0.2) is 4.98 Å². The number of fused-ring (bicyclic) bond motifs is 1. The Labute approximate surface area is 192 Å². The van der Waals surface area contributed by atoms with E-state index >= 15 is 0 Å². The van der Waals surface area contributed by atoms with Gasteiger partial charge in [0.1, 0.15) is 0 Å². The zero-order valence-electron chi connectivity index (χ0n) is 18.2. The molecule has 0 atom stereocenters. The fourth-order valence-electron chi connectivity index (χ4n) is 3.87. The standard InChI is InChI=1S/C24H29N3O2S2/c1-3-18-7-5-10-21-22(18)25-24(31-21)27(12-6-11-26-13-15-29-16-14-26)23(28)19-8-4-9-20(17-19)30-2/h4-5,7-10,17H,3,6,11-16H2,1-2H3. The van der Waals surface area contributed by atoms with Gasteiger partial charge in [-0.15, -0.1) is 11.8 Å². The Balaban J connectivity index is 1.60. The van der Waals surface area contributed by atoms with Crippen molar-refractivity contribution in [2.45, 2.75) is 24.7 Å². The van der Waals surface area contributed by atoms with E-state index in [1.54, 1.807) is 23.1 Å². The molecule has 2 heterocycles. The minimum atomic E-state index is 0.0231. The number of carbonyl (C=O) groups is 1. The van der Waals surface area contributed by atoms with Crippen LogP contribution in [0.3, 0.4) is 0 Å². The SMILES string of the molecule is CCc1cccc2sc(N(CCCN3CCOCC3)C(=O)c3cccc(SC)c3)nc12. The second-order valence-electron chi connectivity index (χ2n) is 7.61. The van der Waals surface area contributed by atoms with Crippen LogP contribution < -0.4 is 4.90 Å². The number of thioether (sulfide) groups is 1. The Morgan fingerprint density at radius 3 is 2.81 bits per heavy atom. The summed E-state index contributed by atoms with van der Waals surface area (Å²) in [7, 11) is 0. The number of ether oxygens (including phenoxy) is 1. The summed E-state index contributed by atoms with van der Waals surface area (Å²) in [4.78, 5) is 23.9. The molecule has 1 aliphatic rings. The van der Waals surface area contributed by atoms with Crippen molar-refractivity contribution in [3.05, 3.63) is 53.6 Å². The molecule has 0 bridgehead atoms. The first-order valence-electron chi connectivity index (χ1n) is 10.8. The number of morpholine rings is 1. The van der Waals surface area contributed by atoms with Crippen LogP contribution in [0.15, 0.2) is 47.4 Å². The minimum absolute atomic E-state index is 0.0231. The van der Waals surface area contributed by atoms with Crippen molar-refractivity contribution in [3.8, 4) is 0 Å². The number of amides is 1. The summed E-state index contributed by atoms with van der Waals surface area (Å²) in [6, 6.07) is 14.2. The topological polar surface area (TPSA) is 45.7 Å². The zero-order valence-corrected chi connectivity index (χ0v) is 19.8. The normalized spacial score (nSPS) is 14.8. The molecule has 2 aromatic carbocycles. The summed E-state index contributed by atoms with van der Waals surface area (Å²) in [5.74, 6) is 0.0231. The fraction of sp³-hybridized carbons (Fsp3) is 0.417. The number of hydrogen-bond acceptors (Lipinski definition) is 6. The number of carbonyl (C=O) groups excluding carboxylic acids is 1. The Hall–Kier alpha value is -1.93. The Morgan fingerprint density at radius 2 is 2.03 bits per heavy atom. The first kappa shape index (κ1) is 22.3. The summed E-state index contributed by atoms with van der Waals surface area (Å²) < 4.78 is 6.59. The molecule has 5 nitrogen and oxygen atoms in total. The number of aryl methyl sites for hydroxylation is 1. The third-order valence-electron chi connectivity index (χ3n) is 5.62. The van der Waals surface area contributed by atoms with E-state index in [1.807, 2.05) is 35.4 Å². The van der Waals surface area contributed by atoms with Crippen LogP contribution in [0.4, 0.5) is 5.13 Å². The lowest BCUT2D eigenvalue weighted by Crippen LogP contribution is -2.39. The van der Waals surface area contributed by atoms with E-state index in [0.717, 1.165) is 65.9 Å². The van der Waals surface area contributed by atoms with Gasteiger partial charge in [-0.3, -0.25) is 14.6 Å². The first-order valence-corrected chi connectivity index (χ1v) is 12.9. The fourth-order valence-corrected chi connectivity index (χ4v) is 5.37. The van der Waals surface area contributed by atoms with Gasteiger partial charge in [-0.1, -0.05) is 36.5 Å². The van der Waals surface area contributed by atoms with E-state index < -0.39 is 0 Å². The number of anilines is 1. The molecule has 0 saturated carbocycles. The van der Waals surface area contributed by atoms with Crippen molar-refractivity contribution >= 4 is 44.4 Å². The molecular formula is C24H29N3O2S2. The quantitative estimate of drug-likeness (QED) is 0.450. The van der Waals surface area contributed by atoms with Crippen molar-refractivity contribution < 1.29 is 9.53 Å². The number of aromatic nitrogens is 1. The van der Waals surface area contributed by atoms with E-state index in [1.165, 1.54) is 5.56 Å². The highest BCUT2D eigenvalue weighted by Gasteiger charge is 2.22. The van der Waals surface area contributed by atoms with Crippen LogP contribution in [-0.4, -0.2) is 61.4 Å². The maximum atomic E-state index is 13.6. The molecule has 1 amide bonds. The number of hydrogen-bond donors (Lipinski definition) is 0. The van der Waals surface area contributed by atoms with Gasteiger partial charge in [0.25, 0.3) is 5.91 Å². The predicted molar refractivity (Wildman–Crippen MR) is 131 cm³/mol. The summed E-state index contributed by atoms with van der Waals surface area (Å²) >= 11 is 3.26. The molecular weight excluding hydrogens is 426 g/mol. The van der Waals surface area contributed by atoms with Gasteiger partial charge >= 0.3 is 0 Å². The third kappa shape index (κ3) is 5.29. The lowest BCUT2D eigenvalue weighted by molar-refractivity contribution is 0.0376. The zero-order chi connectivity index (χ0) is 21.6. The molecule has 0 aliphatic carbocycles. The average molecular weight is 456 g/mol. The maximum Gasteiger partial charge on any atom is 0.260 e. The van der Waals surface area contributed by atoms with Crippen LogP contribution in [0.2, 0.25) is 0 Å². The average Bonchev–Trinajstić information content (AvgIpc) is 3.26. The largest absolute Gasteiger partial charge is 0.379 e. The van der Waals surface area contributed by atoms with Crippen LogP contribution >= 0.6 is 23.1 Å². The molecule has 4 rings (SSSR count). The molecule has 31 heavy (non-hydrogen) atoms. The van der Waals surface area contributed by atoms with Crippen LogP contribution in [0, 0.1) is 0 Å². The minimum Gasteiger partial charge on any atom is -0.379 e. The predicted octanol–water partition coefficient (Wildman–Crippen LogP) is 4.95. The monoisotopic (exact) mass is 455 g/mol. The number of thiazole rings is 1. The highest BCUT2D eigenvalue weighted by Crippen LogP contribution is 2.32. The van der Waals surface area contributed by atoms with Gasteiger partial charge in [0, 0.05) is 36.6 Å². The van der Waals surface area contributed by atoms with Gasteiger partial charge in [0.2, 0.25) is 0 Å². The number of para-hydroxylation sites is 1. The molecule has 164 valence electrons. The van der Waals surface area contributed by atoms with Crippen molar-refractivity contribution in [2.24, 2.45) is 0 Å². The maximum absolute atomic E-state index is 13.6. The first-order chi connectivity index (χ1) is 15.2. The summed E-state index contributed by atoms with van der Waals surface area (Å²) in [6.07, 6.45) is 3.87. The van der Waals surface area contributed by atoms with Crippen molar-refractivity contribution in [1.29, 1.82) is 0 Å². The van der Waals surface area contributed by atoms with Crippen LogP contribution in [0.5, 0.6) is 0 Å². The van der Waals surface area contributed by atoms with Gasteiger partial charge in [-0.05, 0) is 48.9 Å². The molecule has 1 aliphatic heterocycles. The molecule has 0 N–H and O–H groups in total. The van der Waals surface area contributed by atoms with Gasteiger partial charge in [0.05, 0.1) is 23.4 Å². The molecule has 3 aromatic rings. The lowest BCUT2D eigenvalue weighted by Gasteiger charge is -2.27. The Kier molecular flexibility index (Phi) is 7.61. The van der Waals surface area contributed by atoms with Crippen molar-refractivity contribution in [3.63, 3.8) is 0 Å². The highest BCUT2D eigenvalue weighted by atomic mass is 32.2. The van der Waals surface area contributed by atoms with Crippen molar-refractivity contribution in [1.82, 2.24) is 9.88 Å². The van der Waals surface area contributed by atoms with E-state index in [4.69, 9.17) is 9.72 Å². The second kappa shape index (κ2) is 10.6. The smallest absolute Gasteiger partial charge is 0.260 e. The van der Waals surface area contributed by atoms with E-state index in [9.17, 15) is 4.79 Å². The van der Waals surface area contributed by atoms with Crippen LogP contribution in [-0.2, 0) is 11.2 Å². The van der Waals surface area contributed by atoms with E-state index in [-0.39, 0.29) is 5.91 Å². The molecule has 7 heteroatoms. The second-order valence-corrected chi connectivity index (χ2v) is 9.50. The Bertz CT molecular complexity index is 1030. The lowest BCUT2D eigenvalue weighted by atomic mass is 10.1. The summed E-state index contributed by atoms with van der Waals surface area (Å²) in [6.45, 7) is 7.27. The number of benzene rings is 2. The summed E-state index contributed by atoms with van der Waals surface area (Å²) in [5.41, 5.74) is 2.96. The third-order valence-corrected chi connectivity index (χ3v) is 7.39. The molecule has 0 unspecified atom stereocenters. The molecule has 1 aromatic heterocycles. The van der Waals surface area contributed by atoms with Crippen LogP contribution in [0.1, 0.15) is 29.3 Å². The molecule has 1 fully saturated rings. The molecule has 0 spiro atoms. The van der Waals surface area contributed by atoms with E-state index in [2.05, 4.69) is 30.0 Å². The molecule has 1 saturated heterocycles. The number of nitrogens with zero attached hydrogens (tertiary/aromatic N) is 3. The van der Waals surface area contributed by atoms with Crippen LogP contribution in [0.25, 0.3) is 10.2 Å². The van der Waals surface area contributed by atoms with Gasteiger partial charge in [0.15, 0.2) is 5.13 Å². The molecule has 0 radical (unpaired) electrons. The van der Waals surface area contributed by atoms with Gasteiger partial charge < -0.3 is 4.74 Å². The highest BCUT2D eigenvalue weighted by molar-refractivity contribution is 7.98. The van der Waals surface area contributed by atoms with E-state index in [0.29, 0.717) is 12.1 Å². The van der Waals surface area contributed by atoms with Gasteiger partial charge in [-0.2, -0.15) is 0 Å². The Morgan fingerprint density at radius 1 is 1.23 bits per heavy atom.